The maximum absolute atomic E-state index is 15.3. The fraction of sp³-hybridized carbons (Fsp3) is 0.462. The van der Waals surface area contributed by atoms with Crippen LogP contribution in [0.3, 0.4) is 0 Å². The van der Waals surface area contributed by atoms with Crippen LogP contribution in [0.15, 0.2) is 48.5 Å². The zero-order chi connectivity index (χ0) is 26.0. The highest BCUT2D eigenvalue weighted by atomic mass is 32.2. The van der Waals surface area contributed by atoms with Crippen LogP contribution in [0.1, 0.15) is 43.1 Å². The molecule has 8 nitrogen and oxygen atoms in total. The van der Waals surface area contributed by atoms with Gasteiger partial charge in [0, 0.05) is 50.4 Å². The van der Waals surface area contributed by atoms with Crippen molar-refractivity contribution in [3.8, 4) is 0 Å². The number of carbonyl (C=O) groups is 2. The van der Waals surface area contributed by atoms with E-state index in [1.807, 2.05) is 42.2 Å². The number of halogens is 1. The molecule has 3 atom stereocenters. The number of carbonyl (C=O) groups excluding carboxylic acids is 2. The summed E-state index contributed by atoms with van der Waals surface area (Å²) in [5.41, 5.74) is 1.59. The molecule has 0 N–H and O–H groups in total. The van der Waals surface area contributed by atoms with Crippen LogP contribution in [0, 0.1) is 5.82 Å². The highest BCUT2D eigenvalue weighted by Gasteiger charge is 2.41. The summed E-state index contributed by atoms with van der Waals surface area (Å²) in [5.74, 6) is -1.26. The number of methoxy groups -OCH3 is 1. The molecule has 2 saturated heterocycles. The number of nitrogens with zero attached hydrogens (tertiary/aromatic N) is 3. The summed E-state index contributed by atoms with van der Waals surface area (Å²) in [6.45, 7) is 4.12. The topological polar surface area (TPSA) is 87.2 Å². The van der Waals surface area contributed by atoms with E-state index in [9.17, 15) is 18.0 Å². The fourth-order valence-corrected chi connectivity index (χ4v) is 7.30. The number of piperazine rings is 1. The summed E-state index contributed by atoms with van der Waals surface area (Å²) in [6.07, 6.45) is 1.22. The second-order valence-corrected chi connectivity index (χ2v) is 11.5. The number of anilines is 1. The average Bonchev–Trinajstić information content (AvgIpc) is 2.86. The van der Waals surface area contributed by atoms with Gasteiger partial charge in [-0.3, -0.25) is 4.79 Å². The maximum Gasteiger partial charge on any atom is 0.330 e. The van der Waals surface area contributed by atoms with Gasteiger partial charge < -0.3 is 14.5 Å². The first-order valence-corrected chi connectivity index (χ1v) is 13.6. The molecule has 1 amide bonds. The summed E-state index contributed by atoms with van der Waals surface area (Å²) in [6, 6.07) is 12.8. The minimum Gasteiger partial charge on any atom is -0.467 e. The highest BCUT2D eigenvalue weighted by molar-refractivity contribution is 7.89. The van der Waals surface area contributed by atoms with Crippen molar-refractivity contribution in [3.05, 3.63) is 65.5 Å². The van der Waals surface area contributed by atoms with Gasteiger partial charge in [-0.25, -0.2) is 17.6 Å². The van der Waals surface area contributed by atoms with Crippen molar-refractivity contribution in [2.45, 2.75) is 50.6 Å². The van der Waals surface area contributed by atoms with Crippen LogP contribution in [0.2, 0.25) is 0 Å². The third kappa shape index (κ3) is 5.10. The van der Waals surface area contributed by atoms with Gasteiger partial charge in [-0.05, 0) is 37.5 Å². The van der Waals surface area contributed by atoms with Crippen LogP contribution in [0.4, 0.5) is 10.1 Å². The minimum absolute atomic E-state index is 0.0537. The molecule has 36 heavy (non-hydrogen) atoms. The van der Waals surface area contributed by atoms with Gasteiger partial charge in [0.2, 0.25) is 15.9 Å². The molecule has 0 bridgehead atoms. The lowest BCUT2D eigenvalue weighted by Gasteiger charge is -2.40. The molecule has 2 fully saturated rings. The molecule has 0 radical (unpaired) electrons. The van der Waals surface area contributed by atoms with Gasteiger partial charge in [0.25, 0.3) is 0 Å². The number of hydrogen-bond donors (Lipinski definition) is 0. The van der Waals surface area contributed by atoms with Crippen molar-refractivity contribution in [2.24, 2.45) is 0 Å². The number of ether oxygens (including phenoxy) is 1. The van der Waals surface area contributed by atoms with Gasteiger partial charge in [-0.15, -0.1) is 0 Å². The molecular weight excluding hydrogens is 485 g/mol. The highest BCUT2D eigenvalue weighted by Crippen LogP contribution is 2.38. The summed E-state index contributed by atoms with van der Waals surface area (Å²) in [4.78, 5) is 27.5. The van der Waals surface area contributed by atoms with E-state index in [0.29, 0.717) is 31.6 Å². The Bertz CT molecular complexity index is 1220. The van der Waals surface area contributed by atoms with Gasteiger partial charge in [0.15, 0.2) is 0 Å². The van der Waals surface area contributed by atoms with Gasteiger partial charge in [-0.1, -0.05) is 36.4 Å². The Balaban J connectivity index is 1.54. The van der Waals surface area contributed by atoms with E-state index in [1.165, 1.54) is 29.3 Å². The van der Waals surface area contributed by atoms with Crippen molar-refractivity contribution < 1.29 is 27.1 Å². The summed E-state index contributed by atoms with van der Waals surface area (Å²) in [5, 5.41) is -0.648. The SMILES string of the molecule is COC(=O)[C@@H]1CN(c2ccc(CN3[C@@H](C)CCC(c4ccccc4)S3(=O)=O)c(F)c2)CCN1C(C)=O. The molecule has 4 rings (SSSR count). The Morgan fingerprint density at radius 2 is 1.81 bits per heavy atom. The van der Waals surface area contributed by atoms with Gasteiger partial charge in [-0.2, -0.15) is 4.31 Å². The van der Waals surface area contributed by atoms with Gasteiger partial charge >= 0.3 is 5.97 Å². The van der Waals surface area contributed by atoms with Crippen molar-refractivity contribution in [1.82, 2.24) is 9.21 Å². The number of sulfonamides is 1. The number of hydrogen-bond acceptors (Lipinski definition) is 6. The standard InChI is InChI=1S/C26H32FN3O5S/c1-18-9-12-25(20-7-5-4-6-8-20)36(33,34)30(18)16-21-10-11-22(15-23(21)27)28-13-14-29(19(2)31)24(17-28)26(32)35-3/h4-8,10-11,15,18,24-25H,9,12-14,16-17H2,1-3H3/t18-,24-,25?/m0/s1. The molecule has 1 unspecified atom stereocenters. The zero-order valence-electron chi connectivity index (χ0n) is 20.8. The first-order valence-electron chi connectivity index (χ1n) is 12.1. The Labute approximate surface area is 211 Å². The van der Waals surface area contributed by atoms with Crippen LogP contribution >= 0.6 is 0 Å². The third-order valence-corrected chi connectivity index (χ3v) is 9.55. The summed E-state index contributed by atoms with van der Waals surface area (Å²) in [7, 11) is -2.41. The largest absolute Gasteiger partial charge is 0.467 e. The molecule has 2 aromatic rings. The van der Waals surface area contributed by atoms with E-state index in [1.54, 1.807) is 12.1 Å². The van der Waals surface area contributed by atoms with Crippen LogP contribution < -0.4 is 4.90 Å². The van der Waals surface area contributed by atoms with E-state index in [-0.39, 0.29) is 30.6 Å². The molecule has 0 spiro atoms. The zero-order valence-corrected chi connectivity index (χ0v) is 21.6. The molecule has 2 aliphatic heterocycles. The molecule has 2 aliphatic rings. The second kappa shape index (κ2) is 10.6. The van der Waals surface area contributed by atoms with Gasteiger partial charge in [0.1, 0.15) is 17.1 Å². The lowest BCUT2D eigenvalue weighted by atomic mass is 10.0. The van der Waals surface area contributed by atoms with Gasteiger partial charge in [0.05, 0.1) is 7.11 Å². The lowest BCUT2D eigenvalue weighted by molar-refractivity contribution is -0.152. The smallest absolute Gasteiger partial charge is 0.330 e. The lowest BCUT2D eigenvalue weighted by Crippen LogP contribution is -2.58. The average molecular weight is 518 g/mol. The predicted octanol–water partition coefficient (Wildman–Crippen LogP) is 3.09. The quantitative estimate of drug-likeness (QED) is 0.567. The molecule has 0 aromatic heterocycles. The van der Waals surface area contributed by atoms with E-state index < -0.39 is 33.1 Å². The Morgan fingerprint density at radius 1 is 1.08 bits per heavy atom. The molecule has 10 heteroatoms. The molecule has 2 heterocycles. The van der Waals surface area contributed by atoms with Crippen molar-refractivity contribution >= 4 is 27.6 Å². The van der Waals surface area contributed by atoms with E-state index in [0.717, 1.165) is 5.56 Å². The van der Waals surface area contributed by atoms with E-state index >= 15 is 4.39 Å². The van der Waals surface area contributed by atoms with Crippen LogP contribution in [-0.2, 0) is 30.9 Å². The van der Waals surface area contributed by atoms with Crippen LogP contribution in [-0.4, -0.2) is 68.3 Å². The predicted molar refractivity (Wildman–Crippen MR) is 134 cm³/mol. The van der Waals surface area contributed by atoms with Crippen LogP contribution in [0.5, 0.6) is 0 Å². The Hall–Kier alpha value is -2.98. The van der Waals surface area contributed by atoms with Crippen molar-refractivity contribution in [3.63, 3.8) is 0 Å². The minimum atomic E-state index is -3.68. The number of esters is 1. The molecule has 194 valence electrons. The van der Waals surface area contributed by atoms with E-state index in [2.05, 4.69) is 0 Å². The summed E-state index contributed by atoms with van der Waals surface area (Å²) < 4.78 is 48.5. The normalized spacial score (nSPS) is 24.4. The fourth-order valence-electron chi connectivity index (χ4n) is 5.11. The third-order valence-electron chi connectivity index (χ3n) is 7.18. The molecule has 0 aliphatic carbocycles. The molecule has 2 aromatic carbocycles. The Morgan fingerprint density at radius 3 is 2.44 bits per heavy atom. The van der Waals surface area contributed by atoms with Crippen molar-refractivity contribution in [2.75, 3.05) is 31.6 Å². The first kappa shape index (κ1) is 26.1. The maximum atomic E-state index is 15.3. The van der Waals surface area contributed by atoms with E-state index in [4.69, 9.17) is 4.74 Å². The second-order valence-electron chi connectivity index (χ2n) is 9.39. The summed E-state index contributed by atoms with van der Waals surface area (Å²) >= 11 is 0. The number of rotatable bonds is 5. The molecule has 0 saturated carbocycles. The Kier molecular flexibility index (Phi) is 7.65. The van der Waals surface area contributed by atoms with Crippen molar-refractivity contribution in [1.29, 1.82) is 0 Å². The first-order chi connectivity index (χ1) is 17.1. The monoisotopic (exact) mass is 517 g/mol. The number of benzene rings is 2. The molecular formula is C26H32FN3O5S. The van der Waals surface area contributed by atoms with Crippen LogP contribution in [0.25, 0.3) is 0 Å². The number of amides is 1.